The van der Waals surface area contributed by atoms with Gasteiger partial charge in [-0.15, -0.1) is 0 Å². The summed E-state index contributed by atoms with van der Waals surface area (Å²) in [6.45, 7) is 7.33. The lowest BCUT2D eigenvalue weighted by Gasteiger charge is -2.35. The summed E-state index contributed by atoms with van der Waals surface area (Å²) in [6.07, 6.45) is 0.135. The van der Waals surface area contributed by atoms with Crippen LogP contribution >= 0.6 is 0 Å². The molecule has 13 heavy (non-hydrogen) atoms. The highest BCUT2D eigenvalue weighted by Crippen LogP contribution is 2.09. The van der Waals surface area contributed by atoms with E-state index in [1.165, 1.54) is 0 Å². The number of β-amino-alcohol motifs (C(OH)–C–C–N with tert-alkyl or cyclic N) is 1. The van der Waals surface area contributed by atoms with Crippen LogP contribution < -0.4 is 5.73 Å². The van der Waals surface area contributed by atoms with Crippen molar-refractivity contribution in [1.29, 1.82) is 0 Å². The molecule has 0 amide bonds. The number of nitrogens with zero attached hydrogens (tertiary/aromatic N) is 1. The summed E-state index contributed by atoms with van der Waals surface area (Å²) in [7, 11) is 0. The Kier molecular flexibility index (Phi) is 3.67. The molecule has 1 aliphatic rings. The minimum absolute atomic E-state index is 0.135. The van der Waals surface area contributed by atoms with Crippen LogP contribution in [0, 0.1) is 0 Å². The third-order valence-corrected chi connectivity index (χ3v) is 2.10. The third kappa shape index (κ3) is 4.04. The van der Waals surface area contributed by atoms with Crippen molar-refractivity contribution < 1.29 is 9.84 Å². The van der Waals surface area contributed by atoms with E-state index in [0.29, 0.717) is 13.1 Å². The minimum atomic E-state index is -0.628. The van der Waals surface area contributed by atoms with Crippen molar-refractivity contribution in [2.45, 2.75) is 25.6 Å². The quantitative estimate of drug-likeness (QED) is 0.622. The molecule has 0 aromatic rings. The van der Waals surface area contributed by atoms with Gasteiger partial charge in [0.05, 0.1) is 18.3 Å². The second kappa shape index (κ2) is 4.37. The van der Waals surface area contributed by atoms with Gasteiger partial charge in [0.2, 0.25) is 0 Å². The smallest absolute Gasteiger partial charge is 0.0824 e. The molecule has 0 aliphatic carbocycles. The van der Waals surface area contributed by atoms with Gasteiger partial charge in [0, 0.05) is 26.2 Å². The van der Waals surface area contributed by atoms with Gasteiger partial charge in [-0.2, -0.15) is 0 Å². The summed E-state index contributed by atoms with van der Waals surface area (Å²) >= 11 is 0. The molecule has 78 valence electrons. The minimum Gasteiger partial charge on any atom is -0.389 e. The normalized spacial score (nSPS) is 26.3. The Balaban J connectivity index is 2.34. The topological polar surface area (TPSA) is 58.7 Å². The van der Waals surface area contributed by atoms with Crippen LogP contribution in [-0.4, -0.2) is 54.5 Å². The van der Waals surface area contributed by atoms with Gasteiger partial charge in [-0.1, -0.05) is 0 Å². The van der Waals surface area contributed by atoms with Crippen molar-refractivity contribution in [3.05, 3.63) is 0 Å². The second-order valence-electron chi connectivity index (χ2n) is 4.28. The SMILES string of the molecule is CC(C)(O)CN1CCOC(CN)C1. The molecule has 4 heteroatoms. The molecule has 0 aromatic carbocycles. The maximum atomic E-state index is 9.62. The highest BCUT2D eigenvalue weighted by Gasteiger charge is 2.24. The predicted molar refractivity (Wildman–Crippen MR) is 51.5 cm³/mol. The highest BCUT2D eigenvalue weighted by atomic mass is 16.5. The lowest BCUT2D eigenvalue weighted by molar-refractivity contribution is -0.0509. The van der Waals surface area contributed by atoms with Crippen LogP contribution in [0.5, 0.6) is 0 Å². The van der Waals surface area contributed by atoms with E-state index in [9.17, 15) is 5.11 Å². The Morgan fingerprint density at radius 1 is 1.62 bits per heavy atom. The van der Waals surface area contributed by atoms with Crippen molar-refractivity contribution >= 4 is 0 Å². The number of nitrogens with two attached hydrogens (primary N) is 1. The van der Waals surface area contributed by atoms with Crippen LogP contribution in [0.15, 0.2) is 0 Å². The number of hydrogen-bond donors (Lipinski definition) is 2. The maximum absolute atomic E-state index is 9.62. The molecule has 0 aromatic heterocycles. The van der Waals surface area contributed by atoms with E-state index in [-0.39, 0.29) is 6.10 Å². The number of morpholine rings is 1. The zero-order valence-electron chi connectivity index (χ0n) is 8.49. The first-order chi connectivity index (χ1) is 6.01. The van der Waals surface area contributed by atoms with Crippen LogP contribution in [0.25, 0.3) is 0 Å². The summed E-state index contributed by atoms with van der Waals surface area (Å²) in [6, 6.07) is 0. The third-order valence-electron chi connectivity index (χ3n) is 2.10. The van der Waals surface area contributed by atoms with Gasteiger partial charge in [0.25, 0.3) is 0 Å². The van der Waals surface area contributed by atoms with Crippen LogP contribution in [0.4, 0.5) is 0 Å². The number of ether oxygens (including phenoxy) is 1. The standard InChI is InChI=1S/C9H20N2O2/c1-9(2,12)7-11-3-4-13-8(5-10)6-11/h8,12H,3-7,10H2,1-2H3. The molecule has 0 radical (unpaired) electrons. The van der Waals surface area contributed by atoms with E-state index in [0.717, 1.165) is 19.7 Å². The van der Waals surface area contributed by atoms with Crippen molar-refractivity contribution in [2.75, 3.05) is 32.8 Å². The summed E-state index contributed by atoms with van der Waals surface area (Å²) < 4.78 is 5.42. The Labute approximate surface area is 79.7 Å². The van der Waals surface area contributed by atoms with Crippen molar-refractivity contribution in [3.63, 3.8) is 0 Å². The first-order valence-corrected chi connectivity index (χ1v) is 4.77. The zero-order valence-corrected chi connectivity index (χ0v) is 8.49. The lowest BCUT2D eigenvalue weighted by Crippen LogP contribution is -2.50. The monoisotopic (exact) mass is 188 g/mol. The van der Waals surface area contributed by atoms with E-state index in [1.54, 1.807) is 0 Å². The van der Waals surface area contributed by atoms with Crippen molar-refractivity contribution in [3.8, 4) is 0 Å². The fourth-order valence-corrected chi connectivity index (χ4v) is 1.61. The number of aliphatic hydroxyl groups is 1. The molecule has 0 saturated carbocycles. The molecule has 1 fully saturated rings. The summed E-state index contributed by atoms with van der Waals surface area (Å²) in [5, 5.41) is 9.62. The highest BCUT2D eigenvalue weighted by molar-refractivity contribution is 4.77. The largest absolute Gasteiger partial charge is 0.389 e. The average molecular weight is 188 g/mol. The van der Waals surface area contributed by atoms with E-state index in [4.69, 9.17) is 10.5 Å². The van der Waals surface area contributed by atoms with Crippen LogP contribution in [0.1, 0.15) is 13.8 Å². The average Bonchev–Trinajstić information content (AvgIpc) is 2.01. The van der Waals surface area contributed by atoms with Crippen LogP contribution in [0.2, 0.25) is 0 Å². The molecule has 1 saturated heterocycles. The molecular formula is C9H20N2O2. The Hall–Kier alpha value is -0.160. The molecule has 1 unspecified atom stereocenters. The number of hydrogen-bond acceptors (Lipinski definition) is 4. The molecule has 0 spiro atoms. The van der Waals surface area contributed by atoms with E-state index in [1.807, 2.05) is 13.8 Å². The first-order valence-electron chi connectivity index (χ1n) is 4.77. The maximum Gasteiger partial charge on any atom is 0.0824 e. The van der Waals surface area contributed by atoms with Crippen molar-refractivity contribution in [2.24, 2.45) is 5.73 Å². The molecule has 4 nitrogen and oxygen atoms in total. The van der Waals surface area contributed by atoms with Gasteiger partial charge in [-0.05, 0) is 13.8 Å². The predicted octanol–water partition coefficient (Wildman–Crippen LogP) is -0.583. The Morgan fingerprint density at radius 2 is 2.31 bits per heavy atom. The van der Waals surface area contributed by atoms with Gasteiger partial charge < -0.3 is 15.6 Å². The Bertz CT molecular complexity index is 156. The summed E-state index contributed by atoms with van der Waals surface area (Å²) in [5.74, 6) is 0. The van der Waals surface area contributed by atoms with Gasteiger partial charge in [0.15, 0.2) is 0 Å². The fourth-order valence-electron chi connectivity index (χ4n) is 1.61. The molecule has 1 aliphatic heterocycles. The van der Waals surface area contributed by atoms with Crippen molar-refractivity contribution in [1.82, 2.24) is 4.90 Å². The van der Waals surface area contributed by atoms with E-state index in [2.05, 4.69) is 4.90 Å². The van der Waals surface area contributed by atoms with Gasteiger partial charge in [-0.3, -0.25) is 4.90 Å². The van der Waals surface area contributed by atoms with Gasteiger partial charge >= 0.3 is 0 Å². The van der Waals surface area contributed by atoms with E-state index < -0.39 is 5.60 Å². The zero-order chi connectivity index (χ0) is 9.90. The van der Waals surface area contributed by atoms with Crippen LogP contribution in [-0.2, 0) is 4.74 Å². The molecule has 1 heterocycles. The molecule has 0 bridgehead atoms. The van der Waals surface area contributed by atoms with Crippen LogP contribution in [0.3, 0.4) is 0 Å². The first kappa shape index (κ1) is 10.9. The number of rotatable bonds is 3. The van der Waals surface area contributed by atoms with Gasteiger partial charge in [-0.25, -0.2) is 0 Å². The summed E-state index contributed by atoms with van der Waals surface area (Å²) in [4.78, 5) is 2.20. The fraction of sp³-hybridized carbons (Fsp3) is 1.00. The molecule has 3 N–H and O–H groups in total. The summed E-state index contributed by atoms with van der Waals surface area (Å²) in [5.41, 5.74) is 4.89. The molecule has 1 rings (SSSR count). The molecular weight excluding hydrogens is 168 g/mol. The lowest BCUT2D eigenvalue weighted by atomic mass is 10.1. The van der Waals surface area contributed by atoms with E-state index >= 15 is 0 Å². The second-order valence-corrected chi connectivity index (χ2v) is 4.28. The van der Waals surface area contributed by atoms with Gasteiger partial charge in [0.1, 0.15) is 0 Å². The Morgan fingerprint density at radius 3 is 2.85 bits per heavy atom. The molecule has 1 atom stereocenters.